The third-order valence-electron chi connectivity index (χ3n) is 4.73. The van der Waals surface area contributed by atoms with Crippen LogP contribution in [0.5, 0.6) is 11.5 Å². The predicted octanol–water partition coefficient (Wildman–Crippen LogP) is 4.21. The Kier molecular flexibility index (Phi) is 8.48. The van der Waals surface area contributed by atoms with Crippen molar-refractivity contribution >= 4 is 29.9 Å². The zero-order chi connectivity index (χ0) is 20.1. The maximum atomic E-state index is 14.0. The summed E-state index contributed by atoms with van der Waals surface area (Å²) in [6.45, 7) is 3.04. The van der Waals surface area contributed by atoms with Crippen LogP contribution in [-0.4, -0.2) is 32.8 Å². The molecule has 0 radical (unpaired) electrons. The van der Waals surface area contributed by atoms with Gasteiger partial charge in [0.25, 0.3) is 0 Å². The van der Waals surface area contributed by atoms with Crippen molar-refractivity contribution < 1.29 is 18.3 Å². The molecule has 158 valence electrons. The van der Waals surface area contributed by atoms with Crippen LogP contribution in [0.25, 0.3) is 0 Å². The number of nitrogens with zero attached hydrogens (tertiary/aromatic N) is 1. The van der Waals surface area contributed by atoms with E-state index < -0.39 is 11.6 Å². The van der Waals surface area contributed by atoms with Crippen LogP contribution in [0.2, 0.25) is 0 Å². The number of methoxy groups -OCH3 is 2. The summed E-state index contributed by atoms with van der Waals surface area (Å²) in [4.78, 5) is 4.59. The first-order chi connectivity index (χ1) is 13.6. The van der Waals surface area contributed by atoms with Crippen LogP contribution in [0, 0.1) is 11.6 Å². The molecule has 5 nitrogen and oxygen atoms in total. The maximum Gasteiger partial charge on any atom is 0.191 e. The number of benzene rings is 2. The average Bonchev–Trinajstić information content (AvgIpc) is 3.44. The number of hydrogen-bond donors (Lipinski definition) is 2. The van der Waals surface area contributed by atoms with E-state index in [4.69, 9.17) is 9.47 Å². The highest BCUT2D eigenvalue weighted by molar-refractivity contribution is 14.0. The van der Waals surface area contributed by atoms with Gasteiger partial charge in [0.15, 0.2) is 5.96 Å². The summed E-state index contributed by atoms with van der Waals surface area (Å²) in [5, 5.41) is 6.44. The lowest BCUT2D eigenvalue weighted by atomic mass is 10.1. The van der Waals surface area contributed by atoms with Gasteiger partial charge in [0.2, 0.25) is 0 Å². The van der Waals surface area contributed by atoms with Crippen molar-refractivity contribution in [2.75, 3.05) is 20.8 Å². The molecule has 1 aliphatic rings. The number of rotatable bonds is 7. The van der Waals surface area contributed by atoms with Gasteiger partial charge in [-0.2, -0.15) is 0 Å². The molecule has 29 heavy (non-hydrogen) atoms. The van der Waals surface area contributed by atoms with Gasteiger partial charge in [-0.15, -0.1) is 24.0 Å². The topological polar surface area (TPSA) is 54.9 Å². The van der Waals surface area contributed by atoms with Crippen LogP contribution in [0.15, 0.2) is 41.4 Å². The third-order valence-corrected chi connectivity index (χ3v) is 4.73. The van der Waals surface area contributed by atoms with Crippen LogP contribution in [0.1, 0.15) is 30.4 Å². The highest BCUT2D eigenvalue weighted by Gasteiger charge is 2.42. The first kappa shape index (κ1) is 23.2. The van der Waals surface area contributed by atoms with Crippen molar-refractivity contribution in [2.45, 2.75) is 31.8 Å². The molecule has 1 aliphatic carbocycles. The van der Waals surface area contributed by atoms with Crippen molar-refractivity contribution in [3.8, 4) is 11.5 Å². The van der Waals surface area contributed by atoms with Gasteiger partial charge in [-0.05, 0) is 37.6 Å². The Morgan fingerprint density at radius 3 is 2.48 bits per heavy atom. The van der Waals surface area contributed by atoms with E-state index in [0.29, 0.717) is 37.0 Å². The summed E-state index contributed by atoms with van der Waals surface area (Å²) in [6, 6.07) is 9.48. The molecule has 2 aromatic carbocycles. The lowest BCUT2D eigenvalue weighted by Crippen LogP contribution is -2.39. The van der Waals surface area contributed by atoms with E-state index in [1.807, 2.05) is 25.1 Å². The molecule has 1 fully saturated rings. The molecular formula is C21H26F2IN3O2. The number of hydrogen-bond acceptors (Lipinski definition) is 3. The second-order valence-corrected chi connectivity index (χ2v) is 6.60. The van der Waals surface area contributed by atoms with Crippen molar-refractivity contribution in [3.63, 3.8) is 0 Å². The molecule has 2 atom stereocenters. The van der Waals surface area contributed by atoms with Crippen LogP contribution < -0.4 is 20.1 Å². The van der Waals surface area contributed by atoms with Crippen LogP contribution in [-0.2, 0) is 6.54 Å². The van der Waals surface area contributed by atoms with Gasteiger partial charge in [-0.1, -0.05) is 6.07 Å². The van der Waals surface area contributed by atoms with Gasteiger partial charge >= 0.3 is 0 Å². The Morgan fingerprint density at radius 2 is 1.86 bits per heavy atom. The maximum absolute atomic E-state index is 14.0. The van der Waals surface area contributed by atoms with E-state index >= 15 is 0 Å². The second kappa shape index (κ2) is 10.6. The standard InChI is InChI=1S/C21H25F2N3O2.HI/c1-4-24-21(25-12-13-8-9-14(27-2)10-19(13)28-3)26-18-11-15(18)20-16(22)6-5-7-17(20)23;/h5-10,15,18H,4,11-12H2,1-3H3,(H2,24,25,26);1H. The molecule has 0 bridgehead atoms. The van der Waals surface area contributed by atoms with Crippen LogP contribution >= 0.6 is 24.0 Å². The van der Waals surface area contributed by atoms with E-state index in [1.54, 1.807) is 14.2 Å². The van der Waals surface area contributed by atoms with Gasteiger partial charge in [-0.25, -0.2) is 13.8 Å². The molecule has 0 spiro atoms. The summed E-state index contributed by atoms with van der Waals surface area (Å²) in [7, 11) is 3.20. The van der Waals surface area contributed by atoms with E-state index in [1.165, 1.54) is 18.2 Å². The Labute approximate surface area is 186 Å². The van der Waals surface area contributed by atoms with Gasteiger partial charge in [0.05, 0.1) is 20.8 Å². The first-order valence-corrected chi connectivity index (χ1v) is 9.27. The number of aliphatic imine (C=N–C) groups is 1. The Bertz CT molecular complexity index is 844. The fourth-order valence-corrected chi connectivity index (χ4v) is 3.18. The molecular weight excluding hydrogens is 491 g/mol. The van der Waals surface area contributed by atoms with Crippen molar-refractivity contribution in [1.29, 1.82) is 0 Å². The molecule has 0 aromatic heterocycles. The lowest BCUT2D eigenvalue weighted by Gasteiger charge is -2.13. The van der Waals surface area contributed by atoms with Crippen molar-refractivity contribution in [2.24, 2.45) is 4.99 Å². The summed E-state index contributed by atoms with van der Waals surface area (Å²) >= 11 is 0. The predicted molar refractivity (Wildman–Crippen MR) is 120 cm³/mol. The molecule has 2 N–H and O–H groups in total. The van der Waals surface area contributed by atoms with Gasteiger partial charge in [0.1, 0.15) is 23.1 Å². The molecule has 0 amide bonds. The summed E-state index contributed by atoms with van der Waals surface area (Å²) in [6.07, 6.45) is 0.661. The molecule has 0 aliphatic heterocycles. The molecule has 2 unspecified atom stereocenters. The zero-order valence-corrected chi connectivity index (χ0v) is 19.0. The molecule has 2 aromatic rings. The normalized spacial score (nSPS) is 17.9. The fourth-order valence-electron chi connectivity index (χ4n) is 3.18. The highest BCUT2D eigenvalue weighted by atomic mass is 127. The second-order valence-electron chi connectivity index (χ2n) is 6.60. The Balaban J connectivity index is 0.00000300. The lowest BCUT2D eigenvalue weighted by molar-refractivity contribution is 0.391. The number of halogens is 3. The molecule has 1 saturated carbocycles. The van der Waals surface area contributed by atoms with Gasteiger partial charge in [0, 0.05) is 35.7 Å². The average molecular weight is 517 g/mol. The fraction of sp³-hybridized carbons (Fsp3) is 0.381. The Morgan fingerprint density at radius 1 is 1.14 bits per heavy atom. The van der Waals surface area contributed by atoms with E-state index in [9.17, 15) is 8.78 Å². The summed E-state index contributed by atoms with van der Waals surface area (Å²) in [5.41, 5.74) is 1.06. The first-order valence-electron chi connectivity index (χ1n) is 9.27. The van der Waals surface area contributed by atoms with Crippen LogP contribution in [0.3, 0.4) is 0 Å². The van der Waals surface area contributed by atoms with Crippen molar-refractivity contribution in [3.05, 3.63) is 59.2 Å². The largest absolute Gasteiger partial charge is 0.497 e. The van der Waals surface area contributed by atoms with Gasteiger partial charge < -0.3 is 20.1 Å². The zero-order valence-electron chi connectivity index (χ0n) is 16.7. The molecule has 0 saturated heterocycles. The van der Waals surface area contributed by atoms with E-state index in [0.717, 1.165) is 5.56 Å². The third kappa shape index (κ3) is 5.71. The minimum Gasteiger partial charge on any atom is -0.497 e. The summed E-state index contributed by atoms with van der Waals surface area (Å²) in [5.74, 6) is 0.808. The minimum absolute atomic E-state index is 0. The number of guanidine groups is 1. The number of nitrogens with one attached hydrogen (secondary N) is 2. The minimum atomic E-state index is -0.501. The van der Waals surface area contributed by atoms with Gasteiger partial charge in [-0.3, -0.25) is 0 Å². The quantitative estimate of drug-likeness (QED) is 0.329. The molecule has 3 rings (SSSR count). The number of ether oxygens (including phenoxy) is 2. The molecule has 0 heterocycles. The highest BCUT2D eigenvalue weighted by Crippen LogP contribution is 2.43. The van der Waals surface area contributed by atoms with Crippen molar-refractivity contribution in [1.82, 2.24) is 10.6 Å². The Hall–Kier alpha value is -2.10. The van der Waals surface area contributed by atoms with E-state index in [-0.39, 0.29) is 41.5 Å². The molecule has 8 heteroatoms. The smallest absolute Gasteiger partial charge is 0.191 e. The SMILES string of the molecule is CCNC(=NCc1ccc(OC)cc1OC)NC1CC1c1c(F)cccc1F.I. The summed E-state index contributed by atoms with van der Waals surface area (Å²) < 4.78 is 38.6. The van der Waals surface area contributed by atoms with Crippen LogP contribution in [0.4, 0.5) is 8.78 Å². The monoisotopic (exact) mass is 517 g/mol. The van der Waals surface area contributed by atoms with E-state index in [2.05, 4.69) is 15.6 Å².